The van der Waals surface area contributed by atoms with Crippen molar-refractivity contribution in [3.63, 3.8) is 0 Å². The minimum atomic E-state index is -0.543. The fourth-order valence-corrected chi connectivity index (χ4v) is 1.54. The van der Waals surface area contributed by atoms with Gasteiger partial charge in [-0.05, 0) is 6.92 Å². The Bertz CT molecular complexity index is 348. The van der Waals surface area contributed by atoms with E-state index < -0.39 is 6.10 Å². The van der Waals surface area contributed by atoms with Crippen molar-refractivity contribution < 1.29 is 14.3 Å². The fraction of sp³-hybridized carbons (Fsp3) is 0.556. The Hall–Kier alpha value is -1.36. The van der Waals surface area contributed by atoms with E-state index in [4.69, 9.17) is 4.42 Å². The Balaban J connectivity index is 2.01. The van der Waals surface area contributed by atoms with E-state index in [9.17, 15) is 9.90 Å². The number of aliphatic hydroxyl groups is 1. The van der Waals surface area contributed by atoms with Crippen molar-refractivity contribution in [1.82, 2.24) is 9.88 Å². The van der Waals surface area contributed by atoms with Crippen molar-refractivity contribution in [1.29, 1.82) is 0 Å². The summed E-state index contributed by atoms with van der Waals surface area (Å²) in [6.07, 6.45) is 1.28. The molecule has 14 heavy (non-hydrogen) atoms. The van der Waals surface area contributed by atoms with Gasteiger partial charge in [-0.3, -0.25) is 4.79 Å². The molecule has 0 spiro atoms. The molecule has 1 aromatic rings. The molecule has 5 nitrogen and oxygen atoms in total. The van der Waals surface area contributed by atoms with Gasteiger partial charge >= 0.3 is 0 Å². The van der Waals surface area contributed by atoms with Crippen LogP contribution in [0.2, 0.25) is 0 Å². The summed E-state index contributed by atoms with van der Waals surface area (Å²) in [5.74, 6) is 1.20. The number of nitrogens with zero attached hydrogens (tertiary/aromatic N) is 2. The first-order chi connectivity index (χ1) is 6.65. The summed E-state index contributed by atoms with van der Waals surface area (Å²) < 4.78 is 5.24. The number of amides is 1. The zero-order valence-corrected chi connectivity index (χ0v) is 7.93. The third kappa shape index (κ3) is 1.77. The lowest BCUT2D eigenvalue weighted by Crippen LogP contribution is -2.25. The first kappa shape index (κ1) is 9.21. The maximum atomic E-state index is 11.3. The number of rotatable bonds is 2. The van der Waals surface area contributed by atoms with Crippen LogP contribution in [-0.4, -0.2) is 33.5 Å². The van der Waals surface area contributed by atoms with Crippen LogP contribution >= 0.6 is 0 Å². The van der Waals surface area contributed by atoms with Crippen LogP contribution in [0, 0.1) is 6.92 Å². The Labute approximate surface area is 81.3 Å². The van der Waals surface area contributed by atoms with E-state index in [1.807, 2.05) is 0 Å². The summed E-state index contributed by atoms with van der Waals surface area (Å²) in [6, 6.07) is 0. The Morgan fingerprint density at radius 3 is 3.07 bits per heavy atom. The van der Waals surface area contributed by atoms with Crippen LogP contribution in [0.15, 0.2) is 10.6 Å². The van der Waals surface area contributed by atoms with Crippen molar-refractivity contribution in [2.45, 2.75) is 26.0 Å². The summed E-state index contributed by atoms with van der Waals surface area (Å²) in [5, 5.41) is 9.24. The molecule has 0 aliphatic carbocycles. The van der Waals surface area contributed by atoms with Gasteiger partial charge in [0.2, 0.25) is 11.8 Å². The highest BCUT2D eigenvalue weighted by atomic mass is 16.4. The minimum absolute atomic E-state index is 0.0478. The zero-order valence-electron chi connectivity index (χ0n) is 7.93. The number of hydrogen-bond donors (Lipinski definition) is 1. The van der Waals surface area contributed by atoms with Gasteiger partial charge in [-0.25, -0.2) is 4.98 Å². The number of β-amino-alcohol motifs (C(OH)–C–C–N with tert-alkyl or cyclic N) is 1. The van der Waals surface area contributed by atoms with Crippen molar-refractivity contribution in [2.24, 2.45) is 0 Å². The quantitative estimate of drug-likeness (QED) is 0.727. The molecular formula is C9H12N2O3. The van der Waals surface area contributed by atoms with Gasteiger partial charge in [-0.15, -0.1) is 0 Å². The Kier molecular flexibility index (Phi) is 2.25. The van der Waals surface area contributed by atoms with E-state index >= 15 is 0 Å². The number of aromatic nitrogens is 1. The van der Waals surface area contributed by atoms with Crippen LogP contribution in [-0.2, 0) is 11.3 Å². The molecule has 0 aromatic carbocycles. The molecule has 2 rings (SSSR count). The maximum Gasteiger partial charge on any atom is 0.225 e. The van der Waals surface area contributed by atoms with Crippen LogP contribution in [0.3, 0.4) is 0 Å². The SMILES string of the molecule is Cc1cnc(CN2CC(O)CC2=O)o1. The first-order valence-electron chi connectivity index (χ1n) is 4.52. The number of carbonyl (C=O) groups excluding carboxylic acids is 1. The molecule has 1 saturated heterocycles. The molecule has 1 aromatic heterocycles. The number of carbonyl (C=O) groups is 1. The highest BCUT2D eigenvalue weighted by Crippen LogP contribution is 2.14. The van der Waals surface area contributed by atoms with E-state index in [2.05, 4.69) is 4.98 Å². The normalized spacial score (nSPS) is 22.0. The van der Waals surface area contributed by atoms with E-state index in [0.29, 0.717) is 19.0 Å². The van der Waals surface area contributed by atoms with Crippen LogP contribution in [0.5, 0.6) is 0 Å². The van der Waals surface area contributed by atoms with Gasteiger partial charge in [-0.2, -0.15) is 0 Å². The molecule has 1 unspecified atom stereocenters. The minimum Gasteiger partial charge on any atom is -0.444 e. The first-order valence-corrected chi connectivity index (χ1v) is 4.52. The number of hydrogen-bond acceptors (Lipinski definition) is 4. The maximum absolute atomic E-state index is 11.3. The molecular weight excluding hydrogens is 184 g/mol. The van der Waals surface area contributed by atoms with E-state index in [-0.39, 0.29) is 12.3 Å². The molecule has 2 heterocycles. The van der Waals surface area contributed by atoms with Crippen molar-refractivity contribution >= 4 is 5.91 Å². The van der Waals surface area contributed by atoms with E-state index in [1.54, 1.807) is 18.0 Å². The van der Waals surface area contributed by atoms with Crippen LogP contribution < -0.4 is 0 Å². The lowest BCUT2D eigenvalue weighted by atomic mass is 10.3. The third-order valence-electron chi connectivity index (χ3n) is 2.19. The molecule has 1 atom stereocenters. The van der Waals surface area contributed by atoms with E-state index in [1.165, 1.54) is 0 Å². The smallest absolute Gasteiger partial charge is 0.225 e. The van der Waals surface area contributed by atoms with Crippen molar-refractivity contribution in [3.05, 3.63) is 17.8 Å². The topological polar surface area (TPSA) is 66.6 Å². The summed E-state index contributed by atoms with van der Waals surface area (Å²) in [6.45, 7) is 2.53. The molecule has 0 saturated carbocycles. The highest BCUT2D eigenvalue weighted by Gasteiger charge is 2.28. The van der Waals surface area contributed by atoms with Gasteiger partial charge in [0.1, 0.15) is 5.76 Å². The second kappa shape index (κ2) is 3.42. The lowest BCUT2D eigenvalue weighted by Gasteiger charge is -2.12. The van der Waals surface area contributed by atoms with Gasteiger partial charge in [0.05, 0.1) is 25.3 Å². The molecule has 1 fully saturated rings. The van der Waals surface area contributed by atoms with Gasteiger partial charge in [0.25, 0.3) is 0 Å². The van der Waals surface area contributed by atoms with Crippen LogP contribution in [0.4, 0.5) is 0 Å². The van der Waals surface area contributed by atoms with Crippen molar-refractivity contribution in [3.8, 4) is 0 Å². The molecule has 1 amide bonds. The molecule has 0 bridgehead atoms. The highest BCUT2D eigenvalue weighted by molar-refractivity contribution is 5.78. The number of aliphatic hydroxyl groups excluding tert-OH is 1. The predicted molar refractivity (Wildman–Crippen MR) is 47.3 cm³/mol. The Morgan fingerprint density at radius 2 is 2.57 bits per heavy atom. The van der Waals surface area contributed by atoms with Gasteiger partial charge in [0.15, 0.2) is 0 Å². The second-order valence-corrected chi connectivity index (χ2v) is 3.50. The van der Waals surface area contributed by atoms with Crippen molar-refractivity contribution in [2.75, 3.05) is 6.54 Å². The molecule has 76 valence electrons. The standard InChI is InChI=1S/C9H12N2O3/c1-6-3-10-8(14-6)5-11-4-7(12)2-9(11)13/h3,7,12H,2,4-5H2,1H3. The number of aryl methyl sites for hydroxylation is 1. The van der Waals surface area contributed by atoms with Gasteiger partial charge < -0.3 is 14.4 Å². The molecule has 1 aliphatic heterocycles. The molecule has 0 radical (unpaired) electrons. The molecule has 5 heteroatoms. The average molecular weight is 196 g/mol. The largest absolute Gasteiger partial charge is 0.444 e. The second-order valence-electron chi connectivity index (χ2n) is 3.50. The predicted octanol–water partition coefficient (Wildman–Crippen LogP) is 0.0762. The van der Waals surface area contributed by atoms with Crippen LogP contribution in [0.1, 0.15) is 18.1 Å². The van der Waals surface area contributed by atoms with Gasteiger partial charge in [-0.1, -0.05) is 0 Å². The average Bonchev–Trinajstić information content (AvgIpc) is 2.61. The summed E-state index contributed by atoms with van der Waals surface area (Å²) in [7, 11) is 0. The fourth-order valence-electron chi connectivity index (χ4n) is 1.54. The third-order valence-corrected chi connectivity index (χ3v) is 2.19. The summed E-state index contributed by atoms with van der Waals surface area (Å²) in [5.41, 5.74) is 0. The van der Waals surface area contributed by atoms with E-state index in [0.717, 1.165) is 5.76 Å². The zero-order chi connectivity index (χ0) is 10.1. The number of likely N-dealkylation sites (tertiary alicyclic amines) is 1. The Morgan fingerprint density at radius 1 is 1.79 bits per heavy atom. The molecule has 1 N–H and O–H groups in total. The summed E-state index contributed by atoms with van der Waals surface area (Å²) >= 11 is 0. The summed E-state index contributed by atoms with van der Waals surface area (Å²) in [4.78, 5) is 16.8. The monoisotopic (exact) mass is 196 g/mol. The number of oxazole rings is 1. The lowest BCUT2D eigenvalue weighted by molar-refractivity contribution is -0.128. The van der Waals surface area contributed by atoms with Gasteiger partial charge in [0, 0.05) is 6.54 Å². The van der Waals surface area contributed by atoms with Crippen LogP contribution in [0.25, 0.3) is 0 Å². The molecule has 1 aliphatic rings.